The van der Waals surface area contributed by atoms with Crippen LogP contribution < -0.4 is 9.62 Å². The third-order valence-corrected chi connectivity index (χ3v) is 6.69. The number of amides is 1. The molecule has 0 aliphatic rings. The van der Waals surface area contributed by atoms with Gasteiger partial charge in [-0.15, -0.1) is 0 Å². The van der Waals surface area contributed by atoms with Crippen molar-refractivity contribution in [2.75, 3.05) is 11.4 Å². The van der Waals surface area contributed by atoms with Crippen molar-refractivity contribution in [3.05, 3.63) is 95.3 Å². The molecule has 0 saturated heterocycles. The van der Waals surface area contributed by atoms with Gasteiger partial charge in [0, 0.05) is 12.6 Å². The Bertz CT molecular complexity index is 1130. The molecule has 156 valence electrons. The second-order valence-corrected chi connectivity index (χ2v) is 9.05. The largest absolute Gasteiger partial charge is 0.346 e. The minimum absolute atomic E-state index is 0.200. The number of sulfonamides is 1. The van der Waals surface area contributed by atoms with Crippen molar-refractivity contribution < 1.29 is 17.6 Å². The molecule has 0 aliphatic carbocycles. The Morgan fingerprint density at radius 1 is 0.933 bits per heavy atom. The van der Waals surface area contributed by atoms with E-state index in [1.54, 1.807) is 67.6 Å². The Balaban J connectivity index is 1.72. The number of rotatable bonds is 6. The number of nitrogens with one attached hydrogen (secondary N) is 1. The van der Waals surface area contributed by atoms with E-state index in [4.69, 9.17) is 0 Å². The molecule has 30 heavy (non-hydrogen) atoms. The Morgan fingerprint density at radius 3 is 2.07 bits per heavy atom. The molecule has 1 N–H and O–H groups in total. The van der Waals surface area contributed by atoms with Crippen LogP contribution in [0.1, 0.15) is 34.5 Å². The van der Waals surface area contributed by atoms with E-state index in [0.29, 0.717) is 11.3 Å². The van der Waals surface area contributed by atoms with E-state index in [2.05, 4.69) is 5.32 Å². The minimum Gasteiger partial charge on any atom is -0.346 e. The van der Waals surface area contributed by atoms with Crippen LogP contribution in [0, 0.1) is 12.7 Å². The molecule has 0 bridgehead atoms. The molecule has 0 aliphatic heterocycles. The molecule has 3 rings (SSSR count). The Labute approximate surface area is 176 Å². The molecule has 0 saturated carbocycles. The van der Waals surface area contributed by atoms with Gasteiger partial charge in [-0.3, -0.25) is 9.10 Å². The van der Waals surface area contributed by atoms with Crippen molar-refractivity contribution in [2.24, 2.45) is 0 Å². The van der Waals surface area contributed by atoms with E-state index in [0.717, 1.165) is 11.1 Å². The standard InChI is InChI=1S/C23H23FN2O3S/c1-16-4-14-22(15-5-16)30(28,29)26(3)21-12-8-19(9-13-21)23(27)25-17(2)18-6-10-20(24)11-7-18/h4-15,17H,1-3H3,(H,25,27)/t17-/m1/s1. The van der Waals surface area contributed by atoms with Gasteiger partial charge in [-0.05, 0) is 67.9 Å². The SMILES string of the molecule is Cc1ccc(S(=O)(=O)N(C)c2ccc(C(=O)N[C@H](C)c3ccc(F)cc3)cc2)cc1. The number of benzene rings is 3. The molecule has 0 unspecified atom stereocenters. The van der Waals surface area contributed by atoms with Gasteiger partial charge in [-0.25, -0.2) is 12.8 Å². The van der Waals surface area contributed by atoms with Crippen molar-refractivity contribution >= 4 is 21.6 Å². The summed E-state index contributed by atoms with van der Waals surface area (Å²) in [4.78, 5) is 12.7. The second kappa shape index (κ2) is 8.67. The van der Waals surface area contributed by atoms with Crippen molar-refractivity contribution in [1.82, 2.24) is 5.32 Å². The van der Waals surface area contributed by atoms with Crippen LogP contribution >= 0.6 is 0 Å². The maximum Gasteiger partial charge on any atom is 0.264 e. The summed E-state index contributed by atoms with van der Waals surface area (Å²) in [6, 6.07) is 18.6. The van der Waals surface area contributed by atoms with E-state index in [-0.39, 0.29) is 22.7 Å². The number of nitrogens with zero attached hydrogens (tertiary/aromatic N) is 1. The van der Waals surface area contributed by atoms with Gasteiger partial charge in [0.05, 0.1) is 16.6 Å². The second-order valence-electron chi connectivity index (χ2n) is 7.08. The summed E-state index contributed by atoms with van der Waals surface area (Å²) < 4.78 is 39.9. The molecule has 1 atom stereocenters. The highest BCUT2D eigenvalue weighted by atomic mass is 32.2. The number of hydrogen-bond acceptors (Lipinski definition) is 3. The summed E-state index contributed by atoms with van der Waals surface area (Å²) in [5, 5.41) is 2.85. The summed E-state index contributed by atoms with van der Waals surface area (Å²) in [5.74, 6) is -0.639. The van der Waals surface area contributed by atoms with E-state index in [1.807, 2.05) is 6.92 Å². The summed E-state index contributed by atoms with van der Waals surface area (Å²) in [6.45, 7) is 3.70. The zero-order chi connectivity index (χ0) is 21.9. The van der Waals surface area contributed by atoms with Crippen LogP contribution in [-0.2, 0) is 10.0 Å². The first-order valence-corrected chi connectivity index (χ1v) is 10.8. The number of carbonyl (C=O) groups is 1. The number of hydrogen-bond donors (Lipinski definition) is 1. The lowest BCUT2D eigenvalue weighted by molar-refractivity contribution is 0.0940. The molecule has 7 heteroatoms. The van der Waals surface area contributed by atoms with Gasteiger partial charge in [0.25, 0.3) is 15.9 Å². The summed E-state index contributed by atoms with van der Waals surface area (Å²) >= 11 is 0. The smallest absolute Gasteiger partial charge is 0.264 e. The molecule has 3 aromatic rings. The van der Waals surface area contributed by atoms with E-state index in [1.165, 1.54) is 23.5 Å². The monoisotopic (exact) mass is 426 g/mol. The van der Waals surface area contributed by atoms with Crippen LogP contribution in [0.15, 0.2) is 77.7 Å². The van der Waals surface area contributed by atoms with Crippen LogP contribution in [0.25, 0.3) is 0 Å². The highest BCUT2D eigenvalue weighted by molar-refractivity contribution is 7.92. The maximum absolute atomic E-state index is 13.1. The van der Waals surface area contributed by atoms with Gasteiger partial charge in [0.1, 0.15) is 5.82 Å². The Morgan fingerprint density at radius 2 is 1.50 bits per heavy atom. The number of halogens is 1. The normalized spacial score (nSPS) is 12.3. The molecular weight excluding hydrogens is 403 g/mol. The first kappa shape index (κ1) is 21.5. The van der Waals surface area contributed by atoms with Crippen LogP contribution in [-0.4, -0.2) is 21.4 Å². The summed E-state index contributed by atoms with van der Waals surface area (Å²) in [7, 11) is -2.23. The molecule has 0 heterocycles. The fourth-order valence-electron chi connectivity index (χ4n) is 2.94. The first-order chi connectivity index (χ1) is 14.2. The van der Waals surface area contributed by atoms with Gasteiger partial charge in [0.2, 0.25) is 0 Å². The third-order valence-electron chi connectivity index (χ3n) is 4.89. The molecule has 1 amide bonds. The maximum atomic E-state index is 13.1. The van der Waals surface area contributed by atoms with Crippen molar-refractivity contribution in [3.8, 4) is 0 Å². The first-order valence-electron chi connectivity index (χ1n) is 9.40. The third kappa shape index (κ3) is 4.68. The highest BCUT2D eigenvalue weighted by Crippen LogP contribution is 2.23. The number of carbonyl (C=O) groups excluding carboxylic acids is 1. The van der Waals surface area contributed by atoms with E-state index >= 15 is 0 Å². The van der Waals surface area contributed by atoms with Crippen LogP contribution in [0.4, 0.5) is 10.1 Å². The topological polar surface area (TPSA) is 66.5 Å². The van der Waals surface area contributed by atoms with Crippen LogP contribution in [0.5, 0.6) is 0 Å². The minimum atomic E-state index is -3.70. The quantitative estimate of drug-likeness (QED) is 0.633. The molecule has 0 fully saturated rings. The van der Waals surface area contributed by atoms with Crippen molar-refractivity contribution in [1.29, 1.82) is 0 Å². The molecule has 5 nitrogen and oxygen atoms in total. The van der Waals surface area contributed by atoms with Gasteiger partial charge in [0.15, 0.2) is 0 Å². The zero-order valence-electron chi connectivity index (χ0n) is 17.0. The number of aryl methyl sites for hydroxylation is 1. The summed E-state index contributed by atoms with van der Waals surface area (Å²) in [6.07, 6.45) is 0. The molecular formula is C23H23FN2O3S. The molecule has 0 aromatic heterocycles. The van der Waals surface area contributed by atoms with E-state index in [9.17, 15) is 17.6 Å². The predicted octanol–water partition coefficient (Wildman–Crippen LogP) is 4.45. The summed E-state index contributed by atoms with van der Waals surface area (Å²) in [5.41, 5.74) is 2.60. The lowest BCUT2D eigenvalue weighted by Crippen LogP contribution is -2.28. The Kier molecular flexibility index (Phi) is 6.22. The van der Waals surface area contributed by atoms with Gasteiger partial charge < -0.3 is 5.32 Å². The number of anilines is 1. The zero-order valence-corrected chi connectivity index (χ0v) is 17.8. The highest BCUT2D eigenvalue weighted by Gasteiger charge is 2.21. The fraction of sp³-hybridized carbons (Fsp3) is 0.174. The van der Waals surface area contributed by atoms with Crippen molar-refractivity contribution in [2.45, 2.75) is 24.8 Å². The fourth-order valence-corrected chi connectivity index (χ4v) is 4.14. The lowest BCUT2D eigenvalue weighted by atomic mass is 10.1. The van der Waals surface area contributed by atoms with Crippen LogP contribution in [0.2, 0.25) is 0 Å². The molecule has 0 spiro atoms. The van der Waals surface area contributed by atoms with Gasteiger partial charge in [-0.2, -0.15) is 0 Å². The van der Waals surface area contributed by atoms with E-state index < -0.39 is 10.0 Å². The molecule has 0 radical (unpaired) electrons. The lowest BCUT2D eigenvalue weighted by Gasteiger charge is -2.20. The van der Waals surface area contributed by atoms with Gasteiger partial charge >= 0.3 is 0 Å². The van der Waals surface area contributed by atoms with Gasteiger partial charge in [-0.1, -0.05) is 29.8 Å². The Hall–Kier alpha value is -3.19. The van der Waals surface area contributed by atoms with Crippen LogP contribution in [0.3, 0.4) is 0 Å². The molecule has 3 aromatic carbocycles. The average Bonchev–Trinajstić information content (AvgIpc) is 2.74. The average molecular weight is 427 g/mol. The van der Waals surface area contributed by atoms with Crippen molar-refractivity contribution in [3.63, 3.8) is 0 Å². The predicted molar refractivity (Wildman–Crippen MR) is 115 cm³/mol.